The van der Waals surface area contributed by atoms with Gasteiger partial charge < -0.3 is 15.0 Å². The molecular weight excluding hydrogens is 252 g/mol. The van der Waals surface area contributed by atoms with E-state index in [1.165, 1.54) is 32.5 Å². The maximum atomic E-state index is 11.5. The second-order valence-electron chi connectivity index (χ2n) is 7.36. The fourth-order valence-electron chi connectivity index (χ4n) is 2.67. The van der Waals surface area contributed by atoms with E-state index in [-0.39, 0.29) is 6.09 Å². The summed E-state index contributed by atoms with van der Waals surface area (Å²) in [4.78, 5) is 14.1. The van der Waals surface area contributed by atoms with Crippen LogP contribution in [0.15, 0.2) is 0 Å². The van der Waals surface area contributed by atoms with Gasteiger partial charge in [0.15, 0.2) is 0 Å². The van der Waals surface area contributed by atoms with Crippen molar-refractivity contribution in [2.24, 2.45) is 11.8 Å². The Kier molecular flexibility index (Phi) is 6.80. The molecule has 4 nitrogen and oxygen atoms in total. The molecule has 1 saturated heterocycles. The molecule has 1 heterocycles. The number of carbonyl (C=O) groups excluding carboxylic acids is 1. The lowest BCUT2D eigenvalue weighted by Crippen LogP contribution is -2.38. The van der Waals surface area contributed by atoms with Crippen LogP contribution in [0.25, 0.3) is 0 Å². The lowest BCUT2D eigenvalue weighted by Gasteiger charge is -2.33. The van der Waals surface area contributed by atoms with E-state index in [4.69, 9.17) is 4.74 Å². The molecule has 1 N–H and O–H groups in total. The Hall–Kier alpha value is -0.770. The highest BCUT2D eigenvalue weighted by Crippen LogP contribution is 2.20. The normalized spacial score (nSPS) is 18.3. The molecule has 0 aromatic carbocycles. The molecule has 0 aliphatic carbocycles. The maximum absolute atomic E-state index is 11.5. The van der Waals surface area contributed by atoms with Crippen molar-refractivity contribution in [1.29, 1.82) is 0 Å². The van der Waals surface area contributed by atoms with E-state index >= 15 is 0 Å². The molecule has 4 heteroatoms. The van der Waals surface area contributed by atoms with Crippen molar-refractivity contribution < 1.29 is 9.53 Å². The summed E-state index contributed by atoms with van der Waals surface area (Å²) >= 11 is 0. The fourth-order valence-corrected chi connectivity index (χ4v) is 2.67. The monoisotopic (exact) mass is 284 g/mol. The Labute approximate surface area is 124 Å². The number of carbonyl (C=O) groups is 1. The van der Waals surface area contributed by atoms with Gasteiger partial charge in [-0.3, -0.25) is 0 Å². The Morgan fingerprint density at radius 3 is 2.40 bits per heavy atom. The summed E-state index contributed by atoms with van der Waals surface area (Å²) in [5.74, 6) is 1.49. The highest BCUT2D eigenvalue weighted by Gasteiger charge is 2.20. The van der Waals surface area contributed by atoms with Crippen LogP contribution in [0.4, 0.5) is 4.79 Å². The average molecular weight is 284 g/mol. The number of rotatable bonds is 5. The minimum atomic E-state index is -0.410. The van der Waals surface area contributed by atoms with Crippen molar-refractivity contribution in [1.82, 2.24) is 10.2 Å². The van der Waals surface area contributed by atoms with Gasteiger partial charge in [0.2, 0.25) is 0 Å². The van der Waals surface area contributed by atoms with Gasteiger partial charge in [0.25, 0.3) is 0 Å². The molecule has 0 spiro atoms. The van der Waals surface area contributed by atoms with Crippen molar-refractivity contribution in [3.63, 3.8) is 0 Å². The van der Waals surface area contributed by atoms with Gasteiger partial charge in [0.1, 0.15) is 5.60 Å². The third-order valence-electron chi connectivity index (χ3n) is 3.55. The van der Waals surface area contributed by atoms with Crippen molar-refractivity contribution >= 4 is 6.09 Å². The summed E-state index contributed by atoms with van der Waals surface area (Å²) in [6, 6.07) is 0. The summed E-state index contributed by atoms with van der Waals surface area (Å²) in [6.07, 6.45) is 3.27. The van der Waals surface area contributed by atoms with E-state index in [2.05, 4.69) is 24.1 Å². The molecule has 118 valence electrons. The minimum Gasteiger partial charge on any atom is -0.444 e. The third kappa shape index (κ3) is 7.73. The molecule has 0 bridgehead atoms. The van der Waals surface area contributed by atoms with Crippen LogP contribution in [0.5, 0.6) is 0 Å². The molecule has 0 aromatic heterocycles. The summed E-state index contributed by atoms with van der Waals surface area (Å²) in [5.41, 5.74) is -0.410. The van der Waals surface area contributed by atoms with Crippen LogP contribution in [0.1, 0.15) is 53.9 Å². The van der Waals surface area contributed by atoms with E-state index in [1.54, 1.807) is 0 Å². The van der Waals surface area contributed by atoms with Crippen LogP contribution in [0.3, 0.4) is 0 Å². The SMILES string of the molecule is CC(C)CN1CCC(CCNC(=O)OC(C)(C)C)CC1. The zero-order chi connectivity index (χ0) is 15.2. The van der Waals surface area contributed by atoms with Crippen molar-refractivity contribution in [2.45, 2.75) is 59.5 Å². The predicted molar refractivity (Wildman–Crippen MR) is 82.9 cm³/mol. The second-order valence-corrected chi connectivity index (χ2v) is 7.36. The van der Waals surface area contributed by atoms with Crippen LogP contribution in [-0.4, -0.2) is 42.8 Å². The van der Waals surface area contributed by atoms with Crippen LogP contribution >= 0.6 is 0 Å². The van der Waals surface area contributed by atoms with Gasteiger partial charge in [-0.25, -0.2) is 4.79 Å². The molecular formula is C16H32N2O2. The standard InChI is InChI=1S/C16H32N2O2/c1-13(2)12-18-10-7-14(8-11-18)6-9-17-15(19)20-16(3,4)5/h13-14H,6-12H2,1-5H3,(H,17,19). The number of amides is 1. The topological polar surface area (TPSA) is 41.6 Å². The molecule has 1 aliphatic heterocycles. The van der Waals surface area contributed by atoms with E-state index < -0.39 is 5.60 Å². The average Bonchev–Trinajstić information content (AvgIpc) is 2.28. The first-order valence-electron chi connectivity index (χ1n) is 7.95. The number of ether oxygens (including phenoxy) is 1. The quantitative estimate of drug-likeness (QED) is 0.842. The number of hydrogen-bond donors (Lipinski definition) is 1. The molecule has 1 amide bonds. The van der Waals surface area contributed by atoms with E-state index in [1.807, 2.05) is 20.8 Å². The molecule has 0 saturated carbocycles. The largest absolute Gasteiger partial charge is 0.444 e. The Bertz CT molecular complexity index is 289. The first-order chi connectivity index (χ1) is 9.26. The van der Waals surface area contributed by atoms with Gasteiger partial charge in [-0.1, -0.05) is 13.8 Å². The molecule has 1 aliphatic rings. The van der Waals surface area contributed by atoms with E-state index in [9.17, 15) is 4.79 Å². The van der Waals surface area contributed by atoms with Crippen molar-refractivity contribution in [3.8, 4) is 0 Å². The first kappa shape index (κ1) is 17.3. The highest BCUT2D eigenvalue weighted by atomic mass is 16.6. The highest BCUT2D eigenvalue weighted by molar-refractivity contribution is 5.67. The minimum absolute atomic E-state index is 0.297. The molecule has 1 fully saturated rings. The Balaban J connectivity index is 2.11. The lowest BCUT2D eigenvalue weighted by molar-refractivity contribution is 0.0522. The van der Waals surface area contributed by atoms with E-state index in [0.29, 0.717) is 0 Å². The molecule has 0 unspecified atom stereocenters. The first-order valence-corrected chi connectivity index (χ1v) is 7.95. The number of likely N-dealkylation sites (tertiary alicyclic amines) is 1. The van der Waals surface area contributed by atoms with Crippen molar-refractivity contribution in [2.75, 3.05) is 26.2 Å². The van der Waals surface area contributed by atoms with Crippen LogP contribution in [-0.2, 0) is 4.74 Å². The molecule has 0 radical (unpaired) electrons. The molecule has 0 aromatic rings. The molecule has 20 heavy (non-hydrogen) atoms. The van der Waals surface area contributed by atoms with Gasteiger partial charge in [-0.15, -0.1) is 0 Å². The molecule has 0 atom stereocenters. The van der Waals surface area contributed by atoms with E-state index in [0.717, 1.165) is 24.8 Å². The zero-order valence-electron chi connectivity index (χ0n) is 13.9. The number of piperidine rings is 1. The second kappa shape index (κ2) is 7.87. The number of nitrogens with one attached hydrogen (secondary N) is 1. The number of alkyl carbamates (subject to hydrolysis) is 1. The maximum Gasteiger partial charge on any atom is 0.407 e. The Morgan fingerprint density at radius 2 is 1.90 bits per heavy atom. The van der Waals surface area contributed by atoms with Crippen LogP contribution in [0.2, 0.25) is 0 Å². The third-order valence-corrected chi connectivity index (χ3v) is 3.55. The summed E-state index contributed by atoms with van der Waals surface area (Å²) < 4.78 is 5.23. The van der Waals surface area contributed by atoms with Crippen LogP contribution < -0.4 is 5.32 Å². The number of nitrogens with zero attached hydrogens (tertiary/aromatic N) is 1. The zero-order valence-corrected chi connectivity index (χ0v) is 13.9. The molecule has 1 rings (SSSR count). The summed E-state index contributed by atoms with van der Waals surface area (Å²) in [6.45, 7) is 14.6. The van der Waals surface area contributed by atoms with Crippen LogP contribution in [0, 0.1) is 11.8 Å². The summed E-state index contributed by atoms with van der Waals surface area (Å²) in [7, 11) is 0. The lowest BCUT2D eigenvalue weighted by atomic mass is 9.93. The predicted octanol–water partition coefficient (Wildman–Crippen LogP) is 3.27. The fraction of sp³-hybridized carbons (Fsp3) is 0.938. The van der Waals surface area contributed by atoms with Gasteiger partial charge in [-0.2, -0.15) is 0 Å². The summed E-state index contributed by atoms with van der Waals surface area (Å²) in [5, 5.41) is 2.86. The Morgan fingerprint density at radius 1 is 1.30 bits per heavy atom. The van der Waals surface area contributed by atoms with Gasteiger partial charge in [0, 0.05) is 13.1 Å². The van der Waals surface area contributed by atoms with Gasteiger partial charge in [-0.05, 0) is 65.0 Å². The smallest absolute Gasteiger partial charge is 0.407 e. The number of hydrogen-bond acceptors (Lipinski definition) is 3. The van der Waals surface area contributed by atoms with Gasteiger partial charge >= 0.3 is 6.09 Å². The van der Waals surface area contributed by atoms with Crippen molar-refractivity contribution in [3.05, 3.63) is 0 Å². The van der Waals surface area contributed by atoms with Gasteiger partial charge in [0.05, 0.1) is 0 Å².